The van der Waals surface area contributed by atoms with Crippen LogP contribution in [0.15, 0.2) is 24.3 Å². The molecule has 1 heterocycles. The third kappa shape index (κ3) is 2.30. The number of hydrogen-bond donors (Lipinski definition) is 2. The number of nitrogens with two attached hydrogens (primary N) is 1. The van der Waals surface area contributed by atoms with Gasteiger partial charge in [0.2, 0.25) is 0 Å². The maximum absolute atomic E-state index is 5.92. The second kappa shape index (κ2) is 4.21. The second-order valence-corrected chi connectivity index (χ2v) is 5.15. The summed E-state index contributed by atoms with van der Waals surface area (Å²) in [6.45, 7) is 5.24. The SMILES string of the molecule is CC(C)NCc1cc2cccc(N)c2s1. The third-order valence-corrected chi connectivity index (χ3v) is 3.51. The second-order valence-electron chi connectivity index (χ2n) is 4.01. The standard InChI is InChI=1S/C12H16N2S/c1-8(2)14-7-10-6-9-4-3-5-11(13)12(9)15-10/h3-6,8,14H,7,13H2,1-2H3. The predicted molar refractivity (Wildman–Crippen MR) is 68.2 cm³/mol. The van der Waals surface area contributed by atoms with Crippen LogP contribution in [-0.4, -0.2) is 6.04 Å². The van der Waals surface area contributed by atoms with E-state index in [4.69, 9.17) is 5.73 Å². The third-order valence-electron chi connectivity index (χ3n) is 2.31. The molecule has 0 fully saturated rings. The summed E-state index contributed by atoms with van der Waals surface area (Å²) in [5.41, 5.74) is 6.80. The van der Waals surface area contributed by atoms with E-state index in [1.807, 2.05) is 12.1 Å². The van der Waals surface area contributed by atoms with Gasteiger partial charge in [-0.25, -0.2) is 0 Å². The number of nitrogen functional groups attached to an aromatic ring is 1. The lowest BCUT2D eigenvalue weighted by Gasteiger charge is -2.04. The number of thiophene rings is 1. The molecule has 80 valence electrons. The summed E-state index contributed by atoms with van der Waals surface area (Å²) in [6, 6.07) is 8.81. The Kier molecular flexibility index (Phi) is 2.93. The molecule has 1 aromatic heterocycles. The zero-order chi connectivity index (χ0) is 10.8. The Morgan fingerprint density at radius 3 is 2.87 bits per heavy atom. The molecule has 2 nitrogen and oxygen atoms in total. The van der Waals surface area contributed by atoms with Crippen molar-refractivity contribution in [1.82, 2.24) is 5.32 Å². The lowest BCUT2D eigenvalue weighted by atomic mass is 10.2. The molecule has 0 bridgehead atoms. The fourth-order valence-corrected chi connectivity index (χ4v) is 2.57. The van der Waals surface area contributed by atoms with Crippen LogP contribution in [0.25, 0.3) is 10.1 Å². The molecule has 0 saturated heterocycles. The Morgan fingerprint density at radius 1 is 1.40 bits per heavy atom. The van der Waals surface area contributed by atoms with Crippen LogP contribution in [0.5, 0.6) is 0 Å². The van der Waals surface area contributed by atoms with Crippen molar-refractivity contribution < 1.29 is 0 Å². The number of benzene rings is 1. The maximum Gasteiger partial charge on any atom is 0.0575 e. The fraction of sp³-hybridized carbons (Fsp3) is 0.333. The van der Waals surface area contributed by atoms with Crippen molar-refractivity contribution in [3.05, 3.63) is 29.1 Å². The summed E-state index contributed by atoms with van der Waals surface area (Å²) < 4.78 is 1.21. The van der Waals surface area contributed by atoms with Crippen LogP contribution in [-0.2, 0) is 6.54 Å². The van der Waals surface area contributed by atoms with Crippen molar-refractivity contribution in [2.75, 3.05) is 5.73 Å². The van der Waals surface area contributed by atoms with Crippen molar-refractivity contribution in [1.29, 1.82) is 0 Å². The van der Waals surface area contributed by atoms with Crippen molar-refractivity contribution >= 4 is 27.1 Å². The van der Waals surface area contributed by atoms with Gasteiger partial charge in [0.15, 0.2) is 0 Å². The Bertz CT molecular complexity index is 460. The highest BCUT2D eigenvalue weighted by molar-refractivity contribution is 7.19. The first-order chi connectivity index (χ1) is 7.16. The first-order valence-electron chi connectivity index (χ1n) is 5.17. The van der Waals surface area contributed by atoms with E-state index in [-0.39, 0.29) is 0 Å². The molecule has 0 amide bonds. The lowest BCUT2D eigenvalue weighted by molar-refractivity contribution is 0.593. The van der Waals surface area contributed by atoms with E-state index in [9.17, 15) is 0 Å². The summed E-state index contributed by atoms with van der Waals surface area (Å²) in [6.07, 6.45) is 0. The Hall–Kier alpha value is -1.06. The average Bonchev–Trinajstić information content (AvgIpc) is 2.59. The molecule has 15 heavy (non-hydrogen) atoms. The van der Waals surface area contributed by atoms with Crippen molar-refractivity contribution in [3.63, 3.8) is 0 Å². The highest BCUT2D eigenvalue weighted by atomic mass is 32.1. The Balaban J connectivity index is 2.27. The minimum absolute atomic E-state index is 0.521. The van der Waals surface area contributed by atoms with Crippen LogP contribution in [0.4, 0.5) is 5.69 Å². The molecule has 2 aromatic rings. The molecular weight excluding hydrogens is 204 g/mol. The summed E-state index contributed by atoms with van der Waals surface area (Å²) in [4.78, 5) is 1.34. The van der Waals surface area contributed by atoms with Crippen LogP contribution in [0.2, 0.25) is 0 Å². The van der Waals surface area contributed by atoms with Gasteiger partial charge in [0, 0.05) is 23.2 Å². The molecule has 0 aliphatic heterocycles. The van der Waals surface area contributed by atoms with Crippen LogP contribution in [0, 0.1) is 0 Å². The molecular formula is C12H16N2S. The first-order valence-corrected chi connectivity index (χ1v) is 5.99. The monoisotopic (exact) mass is 220 g/mol. The molecule has 3 heteroatoms. The van der Waals surface area contributed by atoms with Gasteiger partial charge >= 0.3 is 0 Å². The largest absolute Gasteiger partial charge is 0.398 e. The molecule has 2 rings (SSSR count). The summed E-state index contributed by atoms with van der Waals surface area (Å²) in [7, 11) is 0. The summed E-state index contributed by atoms with van der Waals surface area (Å²) in [5.74, 6) is 0. The van der Waals surface area contributed by atoms with Gasteiger partial charge in [-0.3, -0.25) is 0 Å². The van der Waals surface area contributed by atoms with Gasteiger partial charge in [0.25, 0.3) is 0 Å². The van der Waals surface area contributed by atoms with Gasteiger partial charge in [-0.2, -0.15) is 0 Å². The van der Waals surface area contributed by atoms with Crippen molar-refractivity contribution in [2.45, 2.75) is 26.4 Å². The predicted octanol–water partition coefficient (Wildman–Crippen LogP) is 2.98. The molecule has 0 radical (unpaired) electrons. The van der Waals surface area contributed by atoms with Crippen molar-refractivity contribution in [2.24, 2.45) is 0 Å². The van der Waals surface area contributed by atoms with Gasteiger partial charge in [0.05, 0.1) is 4.70 Å². The van der Waals surface area contributed by atoms with Gasteiger partial charge in [-0.1, -0.05) is 26.0 Å². The van der Waals surface area contributed by atoms with Crippen LogP contribution in [0.1, 0.15) is 18.7 Å². The van der Waals surface area contributed by atoms with E-state index >= 15 is 0 Å². The molecule has 3 N–H and O–H groups in total. The van der Waals surface area contributed by atoms with Crippen LogP contribution in [0.3, 0.4) is 0 Å². The molecule has 0 atom stereocenters. The number of rotatable bonds is 3. The van der Waals surface area contributed by atoms with E-state index in [1.165, 1.54) is 15.0 Å². The zero-order valence-electron chi connectivity index (χ0n) is 9.08. The number of nitrogens with one attached hydrogen (secondary N) is 1. The molecule has 0 saturated carbocycles. The average molecular weight is 220 g/mol. The van der Waals surface area contributed by atoms with Crippen LogP contribution >= 0.6 is 11.3 Å². The van der Waals surface area contributed by atoms with Crippen molar-refractivity contribution in [3.8, 4) is 0 Å². The minimum Gasteiger partial charge on any atom is -0.398 e. The van der Waals surface area contributed by atoms with E-state index in [1.54, 1.807) is 11.3 Å². The molecule has 0 aliphatic rings. The van der Waals surface area contributed by atoms with Crippen LogP contribution < -0.4 is 11.1 Å². The first kappa shape index (κ1) is 10.5. The summed E-state index contributed by atoms with van der Waals surface area (Å²) >= 11 is 1.78. The van der Waals surface area contributed by atoms with E-state index in [2.05, 4.69) is 31.3 Å². The van der Waals surface area contributed by atoms with Gasteiger partial charge < -0.3 is 11.1 Å². The zero-order valence-corrected chi connectivity index (χ0v) is 9.90. The lowest BCUT2D eigenvalue weighted by Crippen LogP contribution is -2.21. The Labute approximate surface area is 94.1 Å². The maximum atomic E-state index is 5.92. The number of fused-ring (bicyclic) bond motifs is 1. The fourth-order valence-electron chi connectivity index (χ4n) is 1.53. The van der Waals surface area contributed by atoms with Gasteiger partial charge in [0.1, 0.15) is 0 Å². The van der Waals surface area contributed by atoms with Gasteiger partial charge in [-0.15, -0.1) is 11.3 Å². The number of anilines is 1. The highest BCUT2D eigenvalue weighted by Gasteiger charge is 2.04. The summed E-state index contributed by atoms with van der Waals surface area (Å²) in [5, 5.41) is 4.66. The quantitative estimate of drug-likeness (QED) is 0.780. The van der Waals surface area contributed by atoms with Gasteiger partial charge in [-0.05, 0) is 17.5 Å². The molecule has 0 spiro atoms. The highest BCUT2D eigenvalue weighted by Crippen LogP contribution is 2.30. The smallest absolute Gasteiger partial charge is 0.0575 e. The van der Waals surface area contributed by atoms with E-state index in [0.29, 0.717) is 6.04 Å². The number of hydrogen-bond acceptors (Lipinski definition) is 3. The molecule has 0 unspecified atom stereocenters. The van der Waals surface area contributed by atoms with E-state index in [0.717, 1.165) is 12.2 Å². The normalized spacial score (nSPS) is 11.4. The Morgan fingerprint density at radius 2 is 2.20 bits per heavy atom. The molecule has 1 aromatic carbocycles. The topological polar surface area (TPSA) is 38.0 Å². The minimum atomic E-state index is 0.521. The van der Waals surface area contributed by atoms with E-state index < -0.39 is 0 Å². The molecule has 0 aliphatic carbocycles.